The Balaban J connectivity index is 1.16. The van der Waals surface area contributed by atoms with Gasteiger partial charge < -0.3 is 15.0 Å². The molecule has 36 heavy (non-hydrogen) atoms. The number of aromatic nitrogens is 7. The molecule has 1 fully saturated rings. The highest BCUT2D eigenvalue weighted by atomic mass is 19.3. The molecule has 1 amide bonds. The molecule has 3 aromatic heterocycles. The molecule has 1 aliphatic heterocycles. The number of amides is 1. The minimum absolute atomic E-state index is 0.0638. The minimum atomic E-state index is -2.54. The van der Waals surface area contributed by atoms with Crippen LogP contribution in [0.3, 0.4) is 0 Å². The van der Waals surface area contributed by atoms with E-state index in [4.69, 9.17) is 4.74 Å². The normalized spacial score (nSPS) is 13.6. The molecule has 4 aromatic rings. The van der Waals surface area contributed by atoms with Crippen molar-refractivity contribution in [1.29, 1.82) is 0 Å². The first-order valence-electron chi connectivity index (χ1n) is 11.2. The highest BCUT2D eigenvalue weighted by molar-refractivity contribution is 5.93. The maximum absolute atomic E-state index is 12.8. The quantitative estimate of drug-likeness (QED) is 0.397. The van der Waals surface area contributed by atoms with Crippen molar-refractivity contribution in [3.63, 3.8) is 0 Å². The van der Waals surface area contributed by atoms with Crippen LogP contribution in [0, 0.1) is 12.8 Å². The third-order valence-corrected chi connectivity index (χ3v) is 5.87. The molecule has 1 saturated heterocycles. The van der Waals surface area contributed by atoms with E-state index in [1.807, 2.05) is 4.90 Å². The Hall–Kier alpha value is -4.42. The summed E-state index contributed by atoms with van der Waals surface area (Å²) in [5.74, 6) is 1.24. The van der Waals surface area contributed by atoms with Gasteiger partial charge in [0.05, 0.1) is 17.3 Å². The van der Waals surface area contributed by atoms with E-state index in [1.165, 1.54) is 12.1 Å². The molecule has 1 aliphatic rings. The molecular formula is C23H23F2N9O2. The summed E-state index contributed by atoms with van der Waals surface area (Å²) in [6.45, 7) is 2.96. The molecule has 0 radical (unpaired) electrons. The first-order chi connectivity index (χ1) is 17.4. The Morgan fingerprint density at radius 2 is 1.89 bits per heavy atom. The molecule has 0 bridgehead atoms. The second-order valence-electron chi connectivity index (χ2n) is 8.41. The Morgan fingerprint density at radius 3 is 2.53 bits per heavy atom. The molecule has 11 nitrogen and oxygen atoms in total. The third-order valence-electron chi connectivity index (χ3n) is 5.87. The monoisotopic (exact) mass is 495 g/mol. The fourth-order valence-corrected chi connectivity index (χ4v) is 3.75. The van der Waals surface area contributed by atoms with E-state index >= 15 is 0 Å². The second-order valence-corrected chi connectivity index (χ2v) is 8.41. The van der Waals surface area contributed by atoms with Crippen LogP contribution in [0.5, 0.6) is 5.88 Å². The van der Waals surface area contributed by atoms with Gasteiger partial charge in [-0.15, -0.1) is 15.3 Å². The van der Waals surface area contributed by atoms with Crippen LogP contribution >= 0.6 is 0 Å². The molecule has 0 unspecified atom stereocenters. The van der Waals surface area contributed by atoms with Gasteiger partial charge in [0.2, 0.25) is 11.8 Å². The maximum atomic E-state index is 12.8. The molecule has 0 spiro atoms. The average Bonchev–Trinajstić information content (AvgIpc) is 3.42. The van der Waals surface area contributed by atoms with Crippen LogP contribution in [0.4, 0.5) is 20.4 Å². The van der Waals surface area contributed by atoms with Crippen molar-refractivity contribution >= 4 is 17.5 Å². The van der Waals surface area contributed by atoms with Gasteiger partial charge in [0, 0.05) is 44.0 Å². The fraction of sp³-hybridized carbons (Fsp3) is 0.304. The fourth-order valence-electron chi connectivity index (χ4n) is 3.75. The van der Waals surface area contributed by atoms with Crippen LogP contribution < -0.4 is 15.0 Å². The van der Waals surface area contributed by atoms with Gasteiger partial charge in [-0.05, 0) is 25.1 Å². The van der Waals surface area contributed by atoms with Crippen LogP contribution in [0.1, 0.15) is 23.4 Å². The number of halogens is 2. The molecule has 0 atom stereocenters. The number of carbonyl (C=O) groups excluding carboxylic acids is 1. The summed E-state index contributed by atoms with van der Waals surface area (Å²) in [6.07, 6.45) is -0.771. The van der Waals surface area contributed by atoms with Gasteiger partial charge in [-0.25, -0.2) is 13.5 Å². The lowest BCUT2D eigenvalue weighted by Gasteiger charge is -2.38. The highest BCUT2D eigenvalue weighted by Gasteiger charge is 2.34. The number of aryl methyl sites for hydroxylation is 2. The number of alkyl halides is 2. The summed E-state index contributed by atoms with van der Waals surface area (Å²) in [5.41, 5.74) is 1.84. The zero-order valence-electron chi connectivity index (χ0n) is 19.5. The van der Waals surface area contributed by atoms with E-state index in [9.17, 15) is 13.6 Å². The second kappa shape index (κ2) is 9.68. The number of carbonyl (C=O) groups is 1. The lowest BCUT2D eigenvalue weighted by molar-refractivity contribution is -0.120. The molecule has 13 heteroatoms. The van der Waals surface area contributed by atoms with Crippen LogP contribution in [0.25, 0.3) is 5.69 Å². The largest absolute Gasteiger partial charge is 0.470 e. The Bertz CT molecular complexity index is 1350. The van der Waals surface area contributed by atoms with Gasteiger partial charge in [-0.1, -0.05) is 17.3 Å². The topological polar surface area (TPSA) is 116 Å². The first-order valence-corrected chi connectivity index (χ1v) is 11.2. The summed E-state index contributed by atoms with van der Waals surface area (Å²) in [4.78, 5) is 14.3. The minimum Gasteiger partial charge on any atom is -0.470 e. The van der Waals surface area contributed by atoms with Crippen molar-refractivity contribution in [1.82, 2.24) is 35.0 Å². The SMILES string of the molecule is Cc1nnn(-c2ccc(C(F)F)cc2)c1COc1ccc(N2CC(C(=O)Nc3ccn(C)n3)C2)nn1. The molecule has 186 valence electrons. The van der Waals surface area contributed by atoms with E-state index in [0.29, 0.717) is 47.7 Å². The van der Waals surface area contributed by atoms with E-state index in [1.54, 1.807) is 59.9 Å². The van der Waals surface area contributed by atoms with Crippen molar-refractivity contribution in [3.8, 4) is 11.6 Å². The highest BCUT2D eigenvalue weighted by Crippen LogP contribution is 2.25. The number of hydrogen-bond acceptors (Lipinski definition) is 8. The maximum Gasteiger partial charge on any atom is 0.263 e. The third kappa shape index (κ3) is 4.85. The molecule has 4 heterocycles. The number of anilines is 2. The zero-order valence-corrected chi connectivity index (χ0v) is 19.5. The van der Waals surface area contributed by atoms with Crippen molar-refractivity contribution in [2.24, 2.45) is 13.0 Å². The zero-order chi connectivity index (χ0) is 25.2. The van der Waals surface area contributed by atoms with Crippen molar-refractivity contribution in [2.45, 2.75) is 20.0 Å². The molecule has 5 rings (SSSR count). The molecule has 1 aromatic carbocycles. The average molecular weight is 495 g/mol. The predicted molar refractivity (Wildman–Crippen MR) is 125 cm³/mol. The van der Waals surface area contributed by atoms with Gasteiger partial charge in [-0.2, -0.15) is 5.10 Å². The lowest BCUT2D eigenvalue weighted by atomic mass is 9.99. The van der Waals surface area contributed by atoms with E-state index in [0.717, 1.165) is 0 Å². The summed E-state index contributed by atoms with van der Waals surface area (Å²) >= 11 is 0. The Labute approximate surface area is 204 Å². The van der Waals surface area contributed by atoms with Crippen molar-refractivity contribution in [3.05, 3.63) is 65.6 Å². The van der Waals surface area contributed by atoms with Crippen LogP contribution in [-0.4, -0.2) is 54.0 Å². The van der Waals surface area contributed by atoms with Gasteiger partial charge in [0.1, 0.15) is 12.3 Å². The van der Waals surface area contributed by atoms with Gasteiger partial charge in [0.15, 0.2) is 11.6 Å². The molecule has 0 saturated carbocycles. The standard InChI is InChI=1S/C23H23F2N9O2/c1-14-18(34(31-27-14)17-5-3-15(4-6-17)22(24)25)13-36-21-8-7-20(28-29-21)33-11-16(12-33)23(35)26-19-9-10-32(2)30-19/h3-10,16,22H,11-13H2,1-2H3,(H,26,30,35). The summed E-state index contributed by atoms with van der Waals surface area (Å²) in [6, 6.07) is 11.1. The number of nitrogens with zero attached hydrogens (tertiary/aromatic N) is 8. The number of benzene rings is 1. The Morgan fingerprint density at radius 1 is 1.11 bits per heavy atom. The van der Waals surface area contributed by atoms with E-state index in [-0.39, 0.29) is 24.0 Å². The van der Waals surface area contributed by atoms with Crippen molar-refractivity contribution in [2.75, 3.05) is 23.3 Å². The molecule has 0 aliphatic carbocycles. The van der Waals surface area contributed by atoms with E-state index in [2.05, 4.69) is 30.9 Å². The van der Waals surface area contributed by atoms with Gasteiger partial charge >= 0.3 is 0 Å². The molecule has 1 N–H and O–H groups in total. The number of hydrogen-bond donors (Lipinski definition) is 1. The predicted octanol–water partition coefficient (Wildman–Crippen LogP) is 2.69. The van der Waals surface area contributed by atoms with Crippen LogP contribution in [0.15, 0.2) is 48.7 Å². The first kappa shape index (κ1) is 23.3. The number of nitrogens with one attached hydrogen (secondary N) is 1. The smallest absolute Gasteiger partial charge is 0.263 e. The van der Waals surface area contributed by atoms with Crippen molar-refractivity contribution < 1.29 is 18.3 Å². The summed E-state index contributed by atoms with van der Waals surface area (Å²) in [5, 5.41) is 23.5. The van der Waals surface area contributed by atoms with Gasteiger partial charge in [0.25, 0.3) is 6.43 Å². The Kier molecular flexibility index (Phi) is 6.27. The number of rotatable bonds is 8. The summed E-state index contributed by atoms with van der Waals surface area (Å²) < 4.78 is 34.6. The number of ether oxygens (including phenoxy) is 1. The molecular weight excluding hydrogens is 472 g/mol. The van der Waals surface area contributed by atoms with Gasteiger partial charge in [-0.3, -0.25) is 9.48 Å². The summed E-state index contributed by atoms with van der Waals surface area (Å²) in [7, 11) is 1.79. The van der Waals surface area contributed by atoms with Crippen LogP contribution in [-0.2, 0) is 18.4 Å². The van der Waals surface area contributed by atoms with E-state index < -0.39 is 6.43 Å². The van der Waals surface area contributed by atoms with Crippen LogP contribution in [0.2, 0.25) is 0 Å². The lowest BCUT2D eigenvalue weighted by Crippen LogP contribution is -2.52.